The van der Waals surface area contributed by atoms with Gasteiger partial charge in [0.25, 0.3) is 5.24 Å². The van der Waals surface area contributed by atoms with Crippen LogP contribution in [0.4, 0.5) is 4.79 Å². The number of sulfone groups is 1. The first kappa shape index (κ1) is 17.9. The van der Waals surface area contributed by atoms with Gasteiger partial charge in [-0.25, -0.2) is 8.42 Å². The van der Waals surface area contributed by atoms with E-state index in [0.29, 0.717) is 6.42 Å². The molecule has 1 aromatic rings. The Labute approximate surface area is 150 Å². The molecular weight excluding hydrogens is 364 g/mol. The van der Waals surface area contributed by atoms with Gasteiger partial charge in [-0.3, -0.25) is 19.7 Å². The smallest absolute Gasteiger partial charge is 0.286 e. The number of nitrogens with one attached hydrogen (secondary N) is 1. The van der Waals surface area contributed by atoms with E-state index in [-0.39, 0.29) is 30.4 Å². The molecule has 0 aromatic heterocycles. The number of rotatable bonds is 5. The van der Waals surface area contributed by atoms with E-state index in [4.69, 9.17) is 0 Å². The van der Waals surface area contributed by atoms with Gasteiger partial charge in [0.1, 0.15) is 5.25 Å². The van der Waals surface area contributed by atoms with E-state index in [1.54, 1.807) is 0 Å². The van der Waals surface area contributed by atoms with Crippen molar-refractivity contribution in [2.45, 2.75) is 30.7 Å². The van der Waals surface area contributed by atoms with Crippen molar-refractivity contribution in [2.75, 3.05) is 11.5 Å². The van der Waals surface area contributed by atoms with Gasteiger partial charge in [-0.15, -0.1) is 0 Å². The summed E-state index contributed by atoms with van der Waals surface area (Å²) in [5, 5.41) is 0.951. The Balaban J connectivity index is 1.76. The minimum Gasteiger partial charge on any atom is -0.334 e. The van der Waals surface area contributed by atoms with Crippen LogP contribution in [0.3, 0.4) is 0 Å². The van der Waals surface area contributed by atoms with Crippen LogP contribution < -0.4 is 5.32 Å². The van der Waals surface area contributed by atoms with Crippen molar-refractivity contribution >= 4 is 38.7 Å². The Morgan fingerprint density at radius 1 is 1.24 bits per heavy atom. The summed E-state index contributed by atoms with van der Waals surface area (Å²) in [4.78, 5) is 37.3. The standard InChI is InChI=1S/C16H18N2O5S2/c19-14(8-13-15(20)17-16(21)24-13)18(9-11-4-2-1-3-5-11)12-6-7-25(22,23)10-12/h1-5,12-13H,6-10H2,(H,17,20,21). The molecule has 0 bridgehead atoms. The zero-order valence-electron chi connectivity index (χ0n) is 13.4. The molecule has 2 heterocycles. The second-order valence-corrected chi connectivity index (χ2v) is 9.56. The van der Waals surface area contributed by atoms with E-state index in [1.807, 2.05) is 30.3 Å². The fourth-order valence-corrected chi connectivity index (χ4v) is 5.57. The Morgan fingerprint density at radius 3 is 2.52 bits per heavy atom. The first-order chi connectivity index (χ1) is 11.8. The summed E-state index contributed by atoms with van der Waals surface area (Å²) in [6.07, 6.45) is 0.273. The van der Waals surface area contributed by atoms with Crippen LogP contribution in [-0.4, -0.2) is 53.2 Å². The number of hydrogen-bond donors (Lipinski definition) is 1. The number of amides is 3. The van der Waals surface area contributed by atoms with Gasteiger partial charge in [0, 0.05) is 19.0 Å². The van der Waals surface area contributed by atoms with Crippen LogP contribution in [0.2, 0.25) is 0 Å². The van der Waals surface area contributed by atoms with Crippen molar-refractivity contribution in [1.82, 2.24) is 10.2 Å². The number of carbonyl (C=O) groups excluding carboxylic acids is 3. The summed E-state index contributed by atoms with van der Waals surface area (Å²) < 4.78 is 23.6. The molecule has 2 fully saturated rings. The molecule has 1 N–H and O–H groups in total. The third kappa shape index (κ3) is 4.40. The normalized spacial score (nSPS) is 25.0. The fourth-order valence-electron chi connectivity index (χ4n) is 3.03. The summed E-state index contributed by atoms with van der Waals surface area (Å²) in [6.45, 7) is 0.285. The average molecular weight is 382 g/mol. The monoisotopic (exact) mass is 382 g/mol. The van der Waals surface area contributed by atoms with E-state index in [2.05, 4.69) is 5.32 Å². The summed E-state index contributed by atoms with van der Waals surface area (Å²) in [5.74, 6) is -0.780. The lowest BCUT2D eigenvalue weighted by Crippen LogP contribution is -2.42. The molecule has 134 valence electrons. The SMILES string of the molecule is O=C1NC(=O)C(CC(=O)N(Cc2ccccc2)C2CCS(=O)(=O)C2)S1. The number of thioether (sulfide) groups is 1. The molecule has 2 saturated heterocycles. The Bertz CT molecular complexity index is 794. The maximum atomic E-state index is 12.8. The van der Waals surface area contributed by atoms with Crippen LogP contribution >= 0.6 is 11.8 Å². The number of benzene rings is 1. The summed E-state index contributed by atoms with van der Waals surface area (Å²) in [7, 11) is -3.15. The molecule has 0 saturated carbocycles. The zero-order chi connectivity index (χ0) is 18.0. The van der Waals surface area contributed by atoms with Gasteiger partial charge in [-0.1, -0.05) is 42.1 Å². The van der Waals surface area contributed by atoms with E-state index in [0.717, 1.165) is 17.3 Å². The molecule has 3 amide bonds. The van der Waals surface area contributed by atoms with Gasteiger partial charge < -0.3 is 4.90 Å². The number of imide groups is 1. The van der Waals surface area contributed by atoms with Crippen molar-refractivity contribution in [3.63, 3.8) is 0 Å². The molecule has 2 aliphatic heterocycles. The molecule has 0 aliphatic carbocycles. The average Bonchev–Trinajstić information content (AvgIpc) is 3.07. The van der Waals surface area contributed by atoms with Crippen molar-refractivity contribution in [3.05, 3.63) is 35.9 Å². The maximum absolute atomic E-state index is 12.8. The van der Waals surface area contributed by atoms with Crippen LogP contribution in [0, 0.1) is 0 Å². The van der Waals surface area contributed by atoms with Crippen molar-refractivity contribution < 1.29 is 22.8 Å². The first-order valence-corrected chi connectivity index (χ1v) is 10.6. The Hall–Kier alpha value is -1.87. The third-order valence-electron chi connectivity index (χ3n) is 4.29. The highest BCUT2D eigenvalue weighted by Gasteiger charge is 2.38. The van der Waals surface area contributed by atoms with Crippen LogP contribution in [0.5, 0.6) is 0 Å². The highest BCUT2D eigenvalue weighted by molar-refractivity contribution is 8.15. The predicted octanol–water partition coefficient (Wildman–Crippen LogP) is 0.944. The van der Waals surface area contributed by atoms with E-state index in [9.17, 15) is 22.8 Å². The number of carbonyl (C=O) groups is 3. The predicted molar refractivity (Wildman–Crippen MR) is 93.6 cm³/mol. The Kier molecular flexibility index (Phi) is 5.14. The molecule has 2 atom stereocenters. The van der Waals surface area contributed by atoms with Crippen molar-refractivity contribution in [1.29, 1.82) is 0 Å². The molecule has 9 heteroatoms. The van der Waals surface area contributed by atoms with Crippen LogP contribution in [0.25, 0.3) is 0 Å². The second kappa shape index (κ2) is 7.17. The van der Waals surface area contributed by atoms with Crippen LogP contribution in [-0.2, 0) is 26.0 Å². The summed E-state index contributed by atoms with van der Waals surface area (Å²) in [6, 6.07) is 8.89. The van der Waals surface area contributed by atoms with Crippen LogP contribution in [0.15, 0.2) is 30.3 Å². The first-order valence-electron chi connectivity index (χ1n) is 7.89. The molecule has 0 spiro atoms. The van der Waals surface area contributed by atoms with Crippen LogP contribution in [0.1, 0.15) is 18.4 Å². The summed E-state index contributed by atoms with van der Waals surface area (Å²) >= 11 is 0.803. The zero-order valence-corrected chi connectivity index (χ0v) is 15.0. The fraction of sp³-hybridized carbons (Fsp3) is 0.438. The number of nitrogens with zero attached hydrogens (tertiary/aromatic N) is 1. The quantitative estimate of drug-likeness (QED) is 0.814. The molecule has 3 rings (SSSR count). The lowest BCUT2D eigenvalue weighted by Gasteiger charge is -2.29. The van der Waals surface area contributed by atoms with Gasteiger partial charge in [-0.2, -0.15) is 0 Å². The molecule has 7 nitrogen and oxygen atoms in total. The molecular formula is C16H18N2O5S2. The third-order valence-corrected chi connectivity index (χ3v) is 7.02. The summed E-state index contributed by atoms with van der Waals surface area (Å²) in [5.41, 5.74) is 0.889. The Morgan fingerprint density at radius 2 is 1.96 bits per heavy atom. The van der Waals surface area contributed by atoms with Crippen molar-refractivity contribution in [2.24, 2.45) is 0 Å². The number of hydrogen-bond acceptors (Lipinski definition) is 6. The van der Waals surface area contributed by atoms with E-state index >= 15 is 0 Å². The van der Waals surface area contributed by atoms with Crippen molar-refractivity contribution in [3.8, 4) is 0 Å². The largest absolute Gasteiger partial charge is 0.334 e. The second-order valence-electron chi connectivity index (χ2n) is 6.15. The minimum absolute atomic E-state index is 0.0610. The highest BCUT2D eigenvalue weighted by atomic mass is 32.2. The van der Waals surface area contributed by atoms with Gasteiger partial charge in [0.2, 0.25) is 11.8 Å². The minimum atomic E-state index is -3.15. The van der Waals surface area contributed by atoms with Gasteiger partial charge in [0.15, 0.2) is 9.84 Å². The van der Waals surface area contributed by atoms with E-state index < -0.39 is 32.3 Å². The maximum Gasteiger partial charge on any atom is 0.286 e. The van der Waals surface area contributed by atoms with Gasteiger partial charge in [-0.05, 0) is 12.0 Å². The molecule has 0 radical (unpaired) electrons. The molecule has 1 aromatic carbocycles. The highest BCUT2D eigenvalue weighted by Crippen LogP contribution is 2.26. The molecule has 2 unspecified atom stereocenters. The van der Waals surface area contributed by atoms with Gasteiger partial charge >= 0.3 is 0 Å². The van der Waals surface area contributed by atoms with E-state index in [1.165, 1.54) is 4.90 Å². The molecule has 25 heavy (non-hydrogen) atoms. The molecule has 2 aliphatic rings. The topological polar surface area (TPSA) is 101 Å². The van der Waals surface area contributed by atoms with Gasteiger partial charge in [0.05, 0.1) is 11.5 Å². The lowest BCUT2D eigenvalue weighted by molar-refractivity contribution is -0.135. The lowest BCUT2D eigenvalue weighted by atomic mass is 10.1.